The summed E-state index contributed by atoms with van der Waals surface area (Å²) in [6.45, 7) is 2.48. The highest BCUT2D eigenvalue weighted by atomic mass is 32.2. The molecule has 0 aliphatic rings. The fraction of sp³-hybridized carbons (Fsp3) is 0.889. The summed E-state index contributed by atoms with van der Waals surface area (Å²) in [6.07, 6.45) is 2.40. The summed E-state index contributed by atoms with van der Waals surface area (Å²) in [5.41, 5.74) is 0. The summed E-state index contributed by atoms with van der Waals surface area (Å²) in [6, 6.07) is -0.0651. The molecule has 6 heteroatoms. The Labute approximate surface area is 91.5 Å². The van der Waals surface area contributed by atoms with E-state index in [4.69, 9.17) is 0 Å². The normalized spacial score (nSPS) is 13.5. The minimum Gasteiger partial charge on any atom is -0.359 e. The van der Waals surface area contributed by atoms with Crippen LogP contribution in [0.5, 0.6) is 0 Å². The summed E-state index contributed by atoms with van der Waals surface area (Å²) < 4.78 is 21.8. The standard InChI is InChI=1S/C9H20N2O3S/c1-8(7-15(3,13)14)11-6-4-5-9(12)10-2/h8,11H,4-7H2,1-3H3,(H,10,12). The quantitative estimate of drug-likeness (QED) is 0.586. The topological polar surface area (TPSA) is 75.3 Å². The van der Waals surface area contributed by atoms with Crippen LogP contribution in [0.1, 0.15) is 19.8 Å². The van der Waals surface area contributed by atoms with Gasteiger partial charge in [-0.2, -0.15) is 0 Å². The molecule has 0 aromatic rings. The molecule has 0 aliphatic carbocycles. The molecule has 0 aromatic carbocycles. The minimum atomic E-state index is -2.92. The van der Waals surface area contributed by atoms with E-state index < -0.39 is 9.84 Å². The number of amides is 1. The summed E-state index contributed by atoms with van der Waals surface area (Å²) >= 11 is 0. The van der Waals surface area contributed by atoms with Gasteiger partial charge in [0, 0.05) is 25.8 Å². The van der Waals surface area contributed by atoms with Crippen LogP contribution in [0.25, 0.3) is 0 Å². The number of rotatable bonds is 7. The second kappa shape index (κ2) is 6.79. The van der Waals surface area contributed by atoms with Crippen molar-refractivity contribution in [2.75, 3.05) is 25.6 Å². The van der Waals surface area contributed by atoms with E-state index in [9.17, 15) is 13.2 Å². The van der Waals surface area contributed by atoms with Gasteiger partial charge in [0.2, 0.25) is 5.91 Å². The van der Waals surface area contributed by atoms with Crippen molar-refractivity contribution in [3.8, 4) is 0 Å². The zero-order valence-electron chi connectivity index (χ0n) is 9.54. The highest BCUT2D eigenvalue weighted by molar-refractivity contribution is 7.90. The Balaban J connectivity index is 3.56. The zero-order valence-corrected chi connectivity index (χ0v) is 10.4. The summed E-state index contributed by atoms with van der Waals surface area (Å²) in [4.78, 5) is 10.9. The fourth-order valence-electron chi connectivity index (χ4n) is 1.24. The number of sulfone groups is 1. The predicted molar refractivity (Wildman–Crippen MR) is 60.5 cm³/mol. The van der Waals surface area contributed by atoms with E-state index in [0.29, 0.717) is 19.4 Å². The van der Waals surface area contributed by atoms with Crippen molar-refractivity contribution < 1.29 is 13.2 Å². The van der Waals surface area contributed by atoms with Crippen LogP contribution < -0.4 is 10.6 Å². The molecule has 1 atom stereocenters. The molecule has 0 saturated heterocycles. The van der Waals surface area contributed by atoms with E-state index in [2.05, 4.69) is 10.6 Å². The van der Waals surface area contributed by atoms with Gasteiger partial charge in [0.15, 0.2) is 0 Å². The average Bonchev–Trinajstić information content (AvgIpc) is 2.09. The molecule has 0 spiro atoms. The van der Waals surface area contributed by atoms with Crippen molar-refractivity contribution in [2.45, 2.75) is 25.8 Å². The first kappa shape index (κ1) is 14.4. The van der Waals surface area contributed by atoms with Gasteiger partial charge in [-0.15, -0.1) is 0 Å². The number of carbonyl (C=O) groups excluding carboxylic acids is 1. The van der Waals surface area contributed by atoms with Crippen LogP contribution in [0.15, 0.2) is 0 Å². The third kappa shape index (κ3) is 9.68. The van der Waals surface area contributed by atoms with Crippen LogP contribution in [0.4, 0.5) is 0 Å². The third-order valence-corrected chi connectivity index (χ3v) is 3.01. The van der Waals surface area contributed by atoms with E-state index in [1.807, 2.05) is 6.92 Å². The largest absolute Gasteiger partial charge is 0.359 e. The molecule has 0 rings (SSSR count). The average molecular weight is 236 g/mol. The Morgan fingerprint density at radius 3 is 2.47 bits per heavy atom. The first-order valence-electron chi connectivity index (χ1n) is 4.97. The van der Waals surface area contributed by atoms with E-state index in [0.717, 1.165) is 0 Å². The highest BCUT2D eigenvalue weighted by Gasteiger charge is 2.09. The fourth-order valence-corrected chi connectivity index (χ4v) is 2.26. The Hall–Kier alpha value is -0.620. The van der Waals surface area contributed by atoms with Gasteiger partial charge in [0.05, 0.1) is 5.75 Å². The van der Waals surface area contributed by atoms with Gasteiger partial charge in [-0.05, 0) is 19.9 Å². The predicted octanol–water partition coefficient (Wildman–Crippen LogP) is -0.465. The highest BCUT2D eigenvalue weighted by Crippen LogP contribution is 1.92. The molecule has 0 saturated carbocycles. The van der Waals surface area contributed by atoms with Gasteiger partial charge >= 0.3 is 0 Å². The van der Waals surface area contributed by atoms with Gasteiger partial charge in [0.25, 0.3) is 0 Å². The molecule has 0 heterocycles. The van der Waals surface area contributed by atoms with Crippen LogP contribution in [0.3, 0.4) is 0 Å². The van der Waals surface area contributed by atoms with Crippen LogP contribution in [-0.2, 0) is 14.6 Å². The molecule has 1 amide bonds. The summed E-state index contributed by atoms with van der Waals surface area (Å²) in [7, 11) is -1.32. The Kier molecular flexibility index (Phi) is 6.51. The maximum absolute atomic E-state index is 10.9. The lowest BCUT2D eigenvalue weighted by Crippen LogP contribution is -2.33. The minimum absolute atomic E-state index is 0.00701. The second-order valence-corrected chi connectivity index (χ2v) is 5.91. The lowest BCUT2D eigenvalue weighted by molar-refractivity contribution is -0.120. The third-order valence-electron chi connectivity index (χ3n) is 1.91. The van der Waals surface area contributed by atoms with Gasteiger partial charge < -0.3 is 10.6 Å². The Morgan fingerprint density at radius 1 is 1.40 bits per heavy atom. The molecule has 0 bridgehead atoms. The van der Waals surface area contributed by atoms with Crippen LogP contribution >= 0.6 is 0 Å². The molecular weight excluding hydrogens is 216 g/mol. The van der Waals surface area contributed by atoms with Gasteiger partial charge in [-0.25, -0.2) is 8.42 Å². The smallest absolute Gasteiger partial charge is 0.219 e. The van der Waals surface area contributed by atoms with Crippen molar-refractivity contribution in [3.05, 3.63) is 0 Å². The molecule has 2 N–H and O–H groups in total. The maximum atomic E-state index is 10.9. The van der Waals surface area contributed by atoms with E-state index in [-0.39, 0.29) is 17.7 Å². The molecule has 15 heavy (non-hydrogen) atoms. The molecule has 0 aliphatic heterocycles. The number of hydrogen-bond donors (Lipinski definition) is 2. The van der Waals surface area contributed by atoms with Crippen molar-refractivity contribution in [3.63, 3.8) is 0 Å². The molecule has 90 valence electrons. The second-order valence-electron chi connectivity index (χ2n) is 3.72. The first-order chi connectivity index (χ1) is 6.85. The lowest BCUT2D eigenvalue weighted by atomic mass is 10.3. The van der Waals surface area contributed by atoms with Gasteiger partial charge in [-0.3, -0.25) is 4.79 Å². The van der Waals surface area contributed by atoms with Gasteiger partial charge in [0.1, 0.15) is 9.84 Å². The van der Waals surface area contributed by atoms with Crippen LogP contribution in [0.2, 0.25) is 0 Å². The first-order valence-corrected chi connectivity index (χ1v) is 7.03. The van der Waals surface area contributed by atoms with Crippen molar-refractivity contribution >= 4 is 15.7 Å². The molecule has 5 nitrogen and oxygen atoms in total. The SMILES string of the molecule is CNC(=O)CCCNC(C)CS(C)(=O)=O. The zero-order chi connectivity index (χ0) is 11.9. The Bertz CT molecular complexity index is 288. The number of carbonyl (C=O) groups is 1. The van der Waals surface area contributed by atoms with Crippen LogP contribution in [-0.4, -0.2) is 46.0 Å². The molecule has 1 unspecified atom stereocenters. The van der Waals surface area contributed by atoms with Crippen molar-refractivity contribution in [2.24, 2.45) is 0 Å². The summed E-state index contributed by atoms with van der Waals surface area (Å²) in [5, 5.41) is 5.59. The lowest BCUT2D eigenvalue weighted by Gasteiger charge is -2.11. The Morgan fingerprint density at radius 2 is 2.00 bits per heavy atom. The molecule has 0 fully saturated rings. The van der Waals surface area contributed by atoms with E-state index in [1.165, 1.54) is 6.26 Å². The maximum Gasteiger partial charge on any atom is 0.219 e. The molecule has 0 radical (unpaired) electrons. The van der Waals surface area contributed by atoms with E-state index in [1.54, 1.807) is 7.05 Å². The van der Waals surface area contributed by atoms with E-state index >= 15 is 0 Å². The van der Waals surface area contributed by atoms with Crippen LogP contribution in [0, 0.1) is 0 Å². The monoisotopic (exact) mass is 236 g/mol. The molecular formula is C9H20N2O3S. The van der Waals surface area contributed by atoms with Gasteiger partial charge in [-0.1, -0.05) is 0 Å². The number of hydrogen-bond acceptors (Lipinski definition) is 4. The summed E-state index contributed by atoms with van der Waals surface area (Å²) in [5.74, 6) is 0.139. The van der Waals surface area contributed by atoms with Crippen molar-refractivity contribution in [1.29, 1.82) is 0 Å². The molecule has 0 aromatic heterocycles. The van der Waals surface area contributed by atoms with Crippen molar-refractivity contribution in [1.82, 2.24) is 10.6 Å². The number of nitrogens with one attached hydrogen (secondary N) is 2.